The first-order chi connectivity index (χ1) is 5.34. The van der Waals surface area contributed by atoms with Crippen LogP contribution in [0.15, 0.2) is 11.8 Å². The van der Waals surface area contributed by atoms with E-state index in [1.807, 2.05) is 6.92 Å². The summed E-state index contributed by atoms with van der Waals surface area (Å²) in [6.45, 7) is 3.91. The number of ether oxygens (including phenoxy) is 1. The number of carbonyl (C=O) groups is 1. The number of Topliss-reactive ketones (excluding diaryl/α,β-unsaturated/α-hetero) is 1. The van der Waals surface area contributed by atoms with Crippen molar-refractivity contribution in [3.05, 3.63) is 11.8 Å². The summed E-state index contributed by atoms with van der Waals surface area (Å²) < 4.78 is 4.95. The van der Waals surface area contributed by atoms with Gasteiger partial charge < -0.3 is 10.1 Å². The first kappa shape index (κ1) is 8.27. The molecular weight excluding hydrogens is 142 g/mol. The van der Waals surface area contributed by atoms with Gasteiger partial charge in [0.05, 0.1) is 19.4 Å². The second-order valence-corrected chi connectivity index (χ2v) is 2.47. The molecule has 0 saturated heterocycles. The highest BCUT2D eigenvalue weighted by Crippen LogP contribution is 2.10. The highest BCUT2D eigenvalue weighted by atomic mass is 16.5. The highest BCUT2D eigenvalue weighted by molar-refractivity contribution is 5.96. The van der Waals surface area contributed by atoms with Gasteiger partial charge in [-0.05, 0) is 6.54 Å². The number of nitrogens with one attached hydrogen (secondary N) is 1. The van der Waals surface area contributed by atoms with E-state index in [1.165, 1.54) is 0 Å². The number of carbonyl (C=O) groups excluding carboxylic acids is 1. The van der Waals surface area contributed by atoms with E-state index < -0.39 is 0 Å². The molecule has 0 aromatic heterocycles. The molecule has 62 valence electrons. The molecule has 0 aliphatic carbocycles. The zero-order valence-electron chi connectivity index (χ0n) is 6.72. The number of hydrogen-bond acceptors (Lipinski definition) is 3. The lowest BCUT2D eigenvalue weighted by atomic mass is 10.1. The van der Waals surface area contributed by atoms with Crippen LogP contribution in [0.2, 0.25) is 0 Å². The Morgan fingerprint density at radius 3 is 3.18 bits per heavy atom. The predicted octanol–water partition coefficient (Wildman–Crippen LogP) is 0.469. The minimum Gasteiger partial charge on any atom is -0.500 e. The second-order valence-electron chi connectivity index (χ2n) is 2.47. The Bertz CT molecular complexity index is 175. The molecule has 3 nitrogen and oxygen atoms in total. The fourth-order valence-corrected chi connectivity index (χ4v) is 0.945. The maximum absolute atomic E-state index is 11.2. The number of ketones is 1. The van der Waals surface area contributed by atoms with Gasteiger partial charge in [-0.2, -0.15) is 0 Å². The van der Waals surface area contributed by atoms with Crippen LogP contribution >= 0.6 is 0 Å². The molecule has 0 bridgehead atoms. The largest absolute Gasteiger partial charge is 0.500 e. The zero-order chi connectivity index (χ0) is 8.10. The van der Waals surface area contributed by atoms with Crippen molar-refractivity contribution in [2.24, 2.45) is 0 Å². The van der Waals surface area contributed by atoms with Gasteiger partial charge >= 0.3 is 0 Å². The first-order valence-corrected chi connectivity index (χ1v) is 3.89. The van der Waals surface area contributed by atoms with Gasteiger partial charge in [-0.1, -0.05) is 6.92 Å². The molecule has 0 unspecified atom stereocenters. The van der Waals surface area contributed by atoms with Crippen molar-refractivity contribution >= 4 is 5.78 Å². The average molecular weight is 155 g/mol. The summed E-state index contributed by atoms with van der Waals surface area (Å²) >= 11 is 0. The van der Waals surface area contributed by atoms with Crippen molar-refractivity contribution < 1.29 is 9.53 Å². The summed E-state index contributed by atoms with van der Waals surface area (Å²) in [6, 6.07) is 0. The van der Waals surface area contributed by atoms with Crippen molar-refractivity contribution in [2.45, 2.75) is 13.3 Å². The maximum Gasteiger partial charge on any atom is 0.175 e. The van der Waals surface area contributed by atoms with E-state index in [-0.39, 0.29) is 5.78 Å². The van der Waals surface area contributed by atoms with Crippen molar-refractivity contribution in [2.75, 3.05) is 19.7 Å². The summed E-state index contributed by atoms with van der Waals surface area (Å²) in [5.74, 6) is 0.157. The van der Waals surface area contributed by atoms with E-state index >= 15 is 0 Å². The molecule has 0 radical (unpaired) electrons. The fraction of sp³-hybridized carbons (Fsp3) is 0.625. The Morgan fingerprint density at radius 2 is 2.64 bits per heavy atom. The smallest absolute Gasteiger partial charge is 0.175 e. The molecule has 0 saturated carbocycles. The van der Waals surface area contributed by atoms with Gasteiger partial charge in [0.2, 0.25) is 0 Å². The molecule has 1 heterocycles. The van der Waals surface area contributed by atoms with Crippen molar-refractivity contribution in [1.29, 1.82) is 0 Å². The van der Waals surface area contributed by atoms with E-state index in [4.69, 9.17) is 4.74 Å². The van der Waals surface area contributed by atoms with Gasteiger partial charge in [0.25, 0.3) is 0 Å². The molecular formula is C8H13NO2. The van der Waals surface area contributed by atoms with Crippen LogP contribution in [0.1, 0.15) is 13.3 Å². The third kappa shape index (κ3) is 2.35. The Morgan fingerprint density at radius 1 is 1.82 bits per heavy atom. The van der Waals surface area contributed by atoms with E-state index in [2.05, 4.69) is 5.32 Å². The molecule has 0 aromatic carbocycles. The van der Waals surface area contributed by atoms with Crippen LogP contribution in [0.25, 0.3) is 0 Å². The van der Waals surface area contributed by atoms with E-state index in [0.717, 1.165) is 18.5 Å². The Kier molecular flexibility index (Phi) is 3.11. The molecule has 0 atom stereocenters. The molecule has 0 fully saturated rings. The molecule has 1 rings (SSSR count). The summed E-state index contributed by atoms with van der Waals surface area (Å²) in [5.41, 5.74) is 0.811. The van der Waals surface area contributed by atoms with Crippen molar-refractivity contribution in [3.8, 4) is 0 Å². The molecule has 1 N–H and O–H groups in total. The summed E-state index contributed by atoms with van der Waals surface area (Å²) in [5, 5.41) is 2.98. The first-order valence-electron chi connectivity index (χ1n) is 3.89. The summed E-state index contributed by atoms with van der Waals surface area (Å²) in [7, 11) is 0. The number of hydrogen-bond donors (Lipinski definition) is 1. The minimum atomic E-state index is 0.157. The third-order valence-electron chi connectivity index (χ3n) is 1.61. The Labute approximate surface area is 66.4 Å². The van der Waals surface area contributed by atoms with Gasteiger partial charge in [0, 0.05) is 12.0 Å². The summed E-state index contributed by atoms with van der Waals surface area (Å²) in [6.07, 6.45) is 2.34. The van der Waals surface area contributed by atoms with Crippen LogP contribution < -0.4 is 5.32 Å². The van der Waals surface area contributed by atoms with Crippen molar-refractivity contribution in [3.63, 3.8) is 0 Å². The van der Waals surface area contributed by atoms with Crippen LogP contribution in [0.3, 0.4) is 0 Å². The topological polar surface area (TPSA) is 38.3 Å². The monoisotopic (exact) mass is 155 g/mol. The van der Waals surface area contributed by atoms with Crippen LogP contribution in [-0.4, -0.2) is 25.5 Å². The lowest BCUT2D eigenvalue weighted by Gasteiger charge is -1.98. The third-order valence-corrected chi connectivity index (χ3v) is 1.61. The molecule has 0 spiro atoms. The van der Waals surface area contributed by atoms with Crippen LogP contribution in [0, 0.1) is 0 Å². The molecule has 1 aliphatic heterocycles. The lowest BCUT2D eigenvalue weighted by Crippen LogP contribution is -2.23. The van der Waals surface area contributed by atoms with E-state index in [1.54, 1.807) is 6.26 Å². The second kappa shape index (κ2) is 4.13. The molecule has 0 aromatic rings. The Hall–Kier alpha value is -0.830. The van der Waals surface area contributed by atoms with Gasteiger partial charge in [-0.3, -0.25) is 4.79 Å². The van der Waals surface area contributed by atoms with Crippen LogP contribution in [-0.2, 0) is 9.53 Å². The zero-order valence-corrected chi connectivity index (χ0v) is 6.72. The predicted molar refractivity (Wildman–Crippen MR) is 42.2 cm³/mol. The minimum absolute atomic E-state index is 0.157. The number of likely N-dealkylation sites (N-methyl/N-ethyl adjacent to an activating group) is 1. The lowest BCUT2D eigenvalue weighted by molar-refractivity contribution is -0.114. The average Bonchev–Trinajstić information content (AvgIpc) is 2.52. The Balaban J connectivity index is 2.29. The SMILES string of the molecule is CCNCC(=O)C1=COCC1. The summed E-state index contributed by atoms with van der Waals surface area (Å²) in [4.78, 5) is 11.2. The van der Waals surface area contributed by atoms with Gasteiger partial charge in [-0.25, -0.2) is 0 Å². The molecule has 3 heteroatoms. The quantitative estimate of drug-likeness (QED) is 0.641. The van der Waals surface area contributed by atoms with Crippen LogP contribution in [0.4, 0.5) is 0 Å². The van der Waals surface area contributed by atoms with E-state index in [0.29, 0.717) is 13.2 Å². The molecule has 1 aliphatic rings. The van der Waals surface area contributed by atoms with E-state index in [9.17, 15) is 4.79 Å². The fourth-order valence-electron chi connectivity index (χ4n) is 0.945. The van der Waals surface area contributed by atoms with Crippen molar-refractivity contribution in [1.82, 2.24) is 5.32 Å². The number of rotatable bonds is 4. The van der Waals surface area contributed by atoms with Gasteiger partial charge in [-0.15, -0.1) is 0 Å². The standard InChI is InChI=1S/C8H13NO2/c1-2-9-5-8(10)7-3-4-11-6-7/h6,9H,2-5H2,1H3. The molecule has 11 heavy (non-hydrogen) atoms. The highest BCUT2D eigenvalue weighted by Gasteiger charge is 2.12. The van der Waals surface area contributed by atoms with Crippen LogP contribution in [0.5, 0.6) is 0 Å². The normalized spacial score (nSPS) is 15.9. The maximum atomic E-state index is 11.2. The molecule has 0 amide bonds. The van der Waals surface area contributed by atoms with Gasteiger partial charge in [0.1, 0.15) is 0 Å². The van der Waals surface area contributed by atoms with Gasteiger partial charge in [0.15, 0.2) is 5.78 Å².